The summed E-state index contributed by atoms with van der Waals surface area (Å²) in [6, 6.07) is 21.4. The molecule has 6 aromatic rings. The second kappa shape index (κ2) is 5.08. The van der Waals surface area contributed by atoms with Crippen molar-refractivity contribution < 1.29 is 4.42 Å². The fraction of sp³-hybridized carbons (Fsp3) is 0.0800. The van der Waals surface area contributed by atoms with Crippen molar-refractivity contribution in [1.82, 2.24) is 4.98 Å². The molecule has 0 aliphatic carbocycles. The third-order valence-corrected chi connectivity index (χ3v) is 5.72. The minimum atomic E-state index is 0.929. The number of pyridine rings is 1. The van der Waals surface area contributed by atoms with E-state index in [4.69, 9.17) is 9.40 Å². The summed E-state index contributed by atoms with van der Waals surface area (Å²) < 4.78 is 6.30. The van der Waals surface area contributed by atoms with E-state index in [9.17, 15) is 0 Å². The zero-order valence-corrected chi connectivity index (χ0v) is 15.2. The molecule has 2 heterocycles. The Hall–Kier alpha value is -3.39. The number of hydrogen-bond acceptors (Lipinski definition) is 2. The normalized spacial score (nSPS) is 12.1. The Bertz CT molecular complexity index is 1470. The van der Waals surface area contributed by atoms with Crippen molar-refractivity contribution in [3.8, 4) is 11.1 Å². The minimum Gasteiger partial charge on any atom is -0.456 e. The third-order valence-electron chi connectivity index (χ3n) is 5.72. The number of benzene rings is 4. The van der Waals surface area contributed by atoms with Gasteiger partial charge in [0.1, 0.15) is 11.2 Å². The topological polar surface area (TPSA) is 26.0 Å². The Morgan fingerprint density at radius 2 is 1.44 bits per heavy atom. The molecule has 0 unspecified atom stereocenters. The van der Waals surface area contributed by atoms with Crippen molar-refractivity contribution >= 4 is 43.6 Å². The highest BCUT2D eigenvalue weighted by Gasteiger charge is 2.19. The van der Waals surface area contributed by atoms with Crippen LogP contribution < -0.4 is 0 Å². The molecule has 0 aliphatic rings. The fourth-order valence-corrected chi connectivity index (χ4v) is 4.61. The number of rotatable bonds is 1. The molecule has 0 spiro atoms. The van der Waals surface area contributed by atoms with Crippen LogP contribution in [0, 0.1) is 13.8 Å². The molecule has 0 atom stereocenters. The monoisotopic (exact) mass is 347 g/mol. The lowest BCUT2D eigenvalue weighted by Crippen LogP contribution is -1.89. The molecular weight excluding hydrogens is 330 g/mol. The number of furan rings is 1. The Labute approximate surface area is 156 Å². The predicted molar refractivity (Wildman–Crippen MR) is 113 cm³/mol. The van der Waals surface area contributed by atoms with E-state index < -0.39 is 0 Å². The first-order valence-electron chi connectivity index (χ1n) is 9.24. The van der Waals surface area contributed by atoms with Gasteiger partial charge in [-0.25, -0.2) is 0 Å². The van der Waals surface area contributed by atoms with Crippen LogP contribution in [0.2, 0.25) is 0 Å². The summed E-state index contributed by atoms with van der Waals surface area (Å²) in [7, 11) is 0. The number of aryl methyl sites for hydroxylation is 2. The quantitative estimate of drug-likeness (QED) is 0.299. The van der Waals surface area contributed by atoms with Crippen molar-refractivity contribution in [3.63, 3.8) is 0 Å². The van der Waals surface area contributed by atoms with Crippen molar-refractivity contribution in [1.29, 1.82) is 0 Å². The highest BCUT2D eigenvalue weighted by Crippen LogP contribution is 2.44. The molecular formula is C25H17NO. The molecule has 4 aromatic carbocycles. The molecule has 2 heteroatoms. The second-order valence-corrected chi connectivity index (χ2v) is 7.34. The lowest BCUT2D eigenvalue weighted by molar-refractivity contribution is 0.669. The Morgan fingerprint density at radius 3 is 2.30 bits per heavy atom. The van der Waals surface area contributed by atoms with Crippen LogP contribution in [0.4, 0.5) is 0 Å². The van der Waals surface area contributed by atoms with Crippen LogP contribution in [0.25, 0.3) is 54.7 Å². The molecule has 0 radical (unpaired) electrons. The molecule has 0 fully saturated rings. The molecule has 0 saturated carbocycles. The van der Waals surface area contributed by atoms with Gasteiger partial charge >= 0.3 is 0 Å². The van der Waals surface area contributed by atoms with E-state index >= 15 is 0 Å². The molecule has 0 N–H and O–H groups in total. The highest BCUT2D eigenvalue weighted by molar-refractivity contribution is 6.32. The molecule has 2 aromatic heterocycles. The summed E-state index contributed by atoms with van der Waals surface area (Å²) in [5.74, 6) is 0. The van der Waals surface area contributed by atoms with Crippen molar-refractivity contribution in [2.45, 2.75) is 13.8 Å². The van der Waals surface area contributed by atoms with Crippen LogP contribution in [0.5, 0.6) is 0 Å². The van der Waals surface area contributed by atoms with E-state index in [1.165, 1.54) is 43.8 Å². The van der Waals surface area contributed by atoms with Gasteiger partial charge < -0.3 is 4.42 Å². The van der Waals surface area contributed by atoms with Crippen LogP contribution in [0.1, 0.15) is 11.1 Å². The summed E-state index contributed by atoms with van der Waals surface area (Å²) in [4.78, 5) is 4.71. The number of nitrogens with zero attached hydrogens (tertiary/aromatic N) is 1. The van der Waals surface area contributed by atoms with E-state index in [1.807, 2.05) is 12.3 Å². The van der Waals surface area contributed by atoms with Gasteiger partial charge in [-0.05, 0) is 65.8 Å². The second-order valence-electron chi connectivity index (χ2n) is 7.34. The third kappa shape index (κ3) is 1.87. The first-order chi connectivity index (χ1) is 13.2. The van der Waals surface area contributed by atoms with Crippen LogP contribution >= 0.6 is 0 Å². The number of hydrogen-bond donors (Lipinski definition) is 0. The largest absolute Gasteiger partial charge is 0.456 e. The van der Waals surface area contributed by atoms with Crippen LogP contribution in [-0.2, 0) is 0 Å². The highest BCUT2D eigenvalue weighted by atomic mass is 16.3. The zero-order chi connectivity index (χ0) is 18.1. The summed E-state index contributed by atoms with van der Waals surface area (Å²) in [5, 5.41) is 5.94. The summed E-state index contributed by atoms with van der Waals surface area (Å²) in [6.45, 7) is 4.34. The molecule has 0 bridgehead atoms. The summed E-state index contributed by atoms with van der Waals surface area (Å²) >= 11 is 0. The standard InChI is InChI=1S/C25H17NO/c1-14-6-3-7-15(2)22(14)16-12-19-17-9-5-11-26-25(17)18-8-4-10-20-23(18)24(19)21(13-16)27-20/h3-13H,1-2H3. The maximum absolute atomic E-state index is 6.30. The van der Waals surface area contributed by atoms with Gasteiger partial charge in [0.05, 0.1) is 5.52 Å². The number of aromatic nitrogens is 1. The average molecular weight is 347 g/mol. The lowest BCUT2D eigenvalue weighted by Gasteiger charge is -2.12. The van der Waals surface area contributed by atoms with Crippen LogP contribution in [-0.4, -0.2) is 4.98 Å². The Morgan fingerprint density at radius 1 is 0.704 bits per heavy atom. The summed E-state index contributed by atoms with van der Waals surface area (Å²) in [6.07, 6.45) is 1.87. The van der Waals surface area contributed by atoms with Crippen molar-refractivity contribution in [2.75, 3.05) is 0 Å². The van der Waals surface area contributed by atoms with Gasteiger partial charge in [0, 0.05) is 27.7 Å². The Balaban J connectivity index is 1.89. The van der Waals surface area contributed by atoms with E-state index in [0.717, 1.165) is 22.1 Å². The van der Waals surface area contributed by atoms with Gasteiger partial charge in [-0.1, -0.05) is 36.4 Å². The first kappa shape index (κ1) is 14.7. The molecule has 2 nitrogen and oxygen atoms in total. The van der Waals surface area contributed by atoms with Crippen molar-refractivity contribution in [2.24, 2.45) is 0 Å². The Kier molecular flexibility index (Phi) is 2.77. The maximum atomic E-state index is 6.30. The molecule has 0 saturated heterocycles. The van der Waals surface area contributed by atoms with Crippen molar-refractivity contribution in [3.05, 3.63) is 78.0 Å². The average Bonchev–Trinajstić information content (AvgIpc) is 3.06. The van der Waals surface area contributed by atoms with E-state index in [2.05, 4.69) is 68.4 Å². The van der Waals surface area contributed by atoms with E-state index in [1.54, 1.807) is 0 Å². The SMILES string of the molecule is Cc1cccc(C)c1-c1cc2oc3cccc4c5ncccc5c(c1)c2c34. The van der Waals surface area contributed by atoms with Gasteiger partial charge in [-0.3, -0.25) is 4.98 Å². The number of fused-ring (bicyclic) bond motifs is 3. The van der Waals surface area contributed by atoms with Crippen LogP contribution in [0.15, 0.2) is 71.3 Å². The van der Waals surface area contributed by atoms with Gasteiger partial charge in [0.2, 0.25) is 0 Å². The van der Waals surface area contributed by atoms with Gasteiger partial charge in [-0.15, -0.1) is 0 Å². The molecule has 0 amide bonds. The maximum Gasteiger partial charge on any atom is 0.136 e. The van der Waals surface area contributed by atoms with Crippen LogP contribution in [0.3, 0.4) is 0 Å². The zero-order valence-electron chi connectivity index (χ0n) is 15.2. The smallest absolute Gasteiger partial charge is 0.136 e. The van der Waals surface area contributed by atoms with Gasteiger partial charge in [0.15, 0.2) is 0 Å². The minimum absolute atomic E-state index is 0.929. The molecule has 0 aliphatic heterocycles. The fourth-order valence-electron chi connectivity index (χ4n) is 4.61. The van der Waals surface area contributed by atoms with Gasteiger partial charge in [0.25, 0.3) is 0 Å². The predicted octanol–water partition coefficient (Wildman–Crippen LogP) is 7.01. The molecule has 6 rings (SSSR count). The van der Waals surface area contributed by atoms with Gasteiger partial charge in [-0.2, -0.15) is 0 Å². The first-order valence-corrected chi connectivity index (χ1v) is 9.24. The van der Waals surface area contributed by atoms with E-state index in [0.29, 0.717) is 0 Å². The lowest BCUT2D eigenvalue weighted by atomic mass is 9.91. The molecule has 128 valence electrons. The summed E-state index contributed by atoms with van der Waals surface area (Å²) in [5.41, 5.74) is 7.96. The molecule has 27 heavy (non-hydrogen) atoms. The van der Waals surface area contributed by atoms with E-state index in [-0.39, 0.29) is 0 Å².